The summed E-state index contributed by atoms with van der Waals surface area (Å²) in [6.07, 6.45) is 1.76. The molecule has 0 fully saturated rings. The molecule has 5 nitrogen and oxygen atoms in total. The number of amides is 1. The lowest BCUT2D eigenvalue weighted by molar-refractivity contribution is 0.0746. The Kier molecular flexibility index (Phi) is 5.59. The first-order valence-corrected chi connectivity index (χ1v) is 5.68. The highest BCUT2D eigenvalue weighted by molar-refractivity contribution is 5.94. The largest absolute Gasteiger partial charge is 0.377 e. The molecule has 94 valence electrons. The van der Waals surface area contributed by atoms with Crippen LogP contribution >= 0.6 is 0 Å². The van der Waals surface area contributed by atoms with E-state index in [2.05, 4.69) is 10.3 Å². The molecule has 1 heterocycles. The highest BCUT2D eigenvalue weighted by Crippen LogP contribution is 2.00. The number of pyridine rings is 1. The molecule has 5 heteroatoms. The minimum absolute atomic E-state index is 0.130. The molecule has 0 bridgehead atoms. The molecule has 1 rings (SSSR count). The second-order valence-electron chi connectivity index (χ2n) is 3.92. The van der Waals surface area contributed by atoms with Crippen LogP contribution in [0, 0.1) is 0 Å². The van der Waals surface area contributed by atoms with Crippen molar-refractivity contribution < 1.29 is 9.53 Å². The van der Waals surface area contributed by atoms with E-state index < -0.39 is 0 Å². The van der Waals surface area contributed by atoms with Crippen molar-refractivity contribution in [3.63, 3.8) is 0 Å². The molecule has 0 saturated heterocycles. The summed E-state index contributed by atoms with van der Waals surface area (Å²) in [4.78, 5) is 15.8. The molecule has 17 heavy (non-hydrogen) atoms. The van der Waals surface area contributed by atoms with Gasteiger partial charge in [-0.05, 0) is 26.0 Å². The summed E-state index contributed by atoms with van der Waals surface area (Å²) in [6, 6.07) is 3.36. The quantitative estimate of drug-likeness (QED) is 0.714. The summed E-state index contributed by atoms with van der Waals surface area (Å²) in [7, 11) is 0. The molecule has 0 spiro atoms. The van der Waals surface area contributed by atoms with Crippen molar-refractivity contribution in [3.8, 4) is 0 Å². The van der Waals surface area contributed by atoms with Crippen LogP contribution in [0.15, 0.2) is 18.3 Å². The number of carbonyl (C=O) groups is 1. The third-order valence-electron chi connectivity index (χ3n) is 2.13. The Balaban J connectivity index is 2.41. The molecule has 0 aliphatic rings. The van der Waals surface area contributed by atoms with Gasteiger partial charge in [-0.3, -0.25) is 9.78 Å². The number of hydrogen-bond acceptors (Lipinski definition) is 4. The van der Waals surface area contributed by atoms with Crippen molar-refractivity contribution in [2.24, 2.45) is 5.73 Å². The monoisotopic (exact) mass is 237 g/mol. The number of aromatic nitrogens is 1. The number of carbonyl (C=O) groups excluding carboxylic acids is 1. The molecule has 0 aromatic carbocycles. The van der Waals surface area contributed by atoms with Crippen molar-refractivity contribution in [2.45, 2.75) is 26.5 Å². The fourth-order valence-electron chi connectivity index (χ4n) is 1.29. The molecule has 0 atom stereocenters. The van der Waals surface area contributed by atoms with Gasteiger partial charge in [-0.25, -0.2) is 0 Å². The number of nitrogens with two attached hydrogens (primary N) is 1. The summed E-state index contributed by atoms with van der Waals surface area (Å²) in [5.74, 6) is -0.130. The second kappa shape index (κ2) is 6.98. The topological polar surface area (TPSA) is 77.2 Å². The van der Waals surface area contributed by atoms with Gasteiger partial charge in [0.25, 0.3) is 5.91 Å². The van der Waals surface area contributed by atoms with Crippen LogP contribution in [0.2, 0.25) is 0 Å². The summed E-state index contributed by atoms with van der Waals surface area (Å²) in [5, 5.41) is 2.77. The van der Waals surface area contributed by atoms with Gasteiger partial charge in [0.15, 0.2) is 0 Å². The van der Waals surface area contributed by atoms with Gasteiger partial charge in [-0.1, -0.05) is 0 Å². The van der Waals surface area contributed by atoms with Gasteiger partial charge in [-0.2, -0.15) is 0 Å². The first-order chi connectivity index (χ1) is 8.13. The van der Waals surface area contributed by atoms with E-state index in [0.717, 1.165) is 0 Å². The predicted molar refractivity (Wildman–Crippen MR) is 65.5 cm³/mol. The van der Waals surface area contributed by atoms with Crippen molar-refractivity contribution in [1.29, 1.82) is 0 Å². The van der Waals surface area contributed by atoms with E-state index in [1.807, 2.05) is 13.8 Å². The van der Waals surface area contributed by atoms with Crippen molar-refractivity contribution in [3.05, 3.63) is 29.6 Å². The maximum absolute atomic E-state index is 11.7. The Bertz CT molecular complexity index is 367. The lowest BCUT2D eigenvalue weighted by atomic mass is 10.2. The Morgan fingerprint density at radius 3 is 3.00 bits per heavy atom. The van der Waals surface area contributed by atoms with Gasteiger partial charge in [0.1, 0.15) is 0 Å². The Hall–Kier alpha value is -1.46. The van der Waals surface area contributed by atoms with Crippen LogP contribution in [-0.4, -0.2) is 30.1 Å². The van der Waals surface area contributed by atoms with Crippen LogP contribution in [0.5, 0.6) is 0 Å². The van der Waals surface area contributed by atoms with Gasteiger partial charge in [0, 0.05) is 24.8 Å². The summed E-state index contributed by atoms with van der Waals surface area (Å²) in [5.41, 5.74) is 6.74. The van der Waals surface area contributed by atoms with Gasteiger partial charge in [0.2, 0.25) is 0 Å². The standard InChI is InChI=1S/C12H19N3O2/c1-9(2)17-6-5-15-12(16)10-3-4-14-11(7-10)8-13/h3-4,7,9H,5-6,8,13H2,1-2H3,(H,15,16). The van der Waals surface area contributed by atoms with Crippen molar-refractivity contribution in [2.75, 3.05) is 13.2 Å². The number of ether oxygens (including phenoxy) is 1. The Morgan fingerprint density at radius 2 is 2.35 bits per heavy atom. The highest BCUT2D eigenvalue weighted by Gasteiger charge is 2.05. The lowest BCUT2D eigenvalue weighted by Gasteiger charge is -2.09. The molecular formula is C12H19N3O2. The first-order valence-electron chi connectivity index (χ1n) is 5.68. The van der Waals surface area contributed by atoms with E-state index >= 15 is 0 Å². The molecule has 1 aromatic heterocycles. The summed E-state index contributed by atoms with van der Waals surface area (Å²) < 4.78 is 5.33. The molecule has 0 saturated carbocycles. The number of rotatable bonds is 6. The molecule has 1 amide bonds. The average Bonchev–Trinajstić information content (AvgIpc) is 2.34. The molecule has 0 aliphatic carbocycles. The Morgan fingerprint density at radius 1 is 1.59 bits per heavy atom. The minimum atomic E-state index is -0.130. The highest BCUT2D eigenvalue weighted by atomic mass is 16.5. The zero-order chi connectivity index (χ0) is 12.7. The van der Waals surface area contributed by atoms with Crippen LogP contribution in [-0.2, 0) is 11.3 Å². The van der Waals surface area contributed by atoms with Crippen LogP contribution in [0.3, 0.4) is 0 Å². The number of nitrogens with one attached hydrogen (secondary N) is 1. The van der Waals surface area contributed by atoms with E-state index in [0.29, 0.717) is 31.0 Å². The fraction of sp³-hybridized carbons (Fsp3) is 0.500. The fourth-order valence-corrected chi connectivity index (χ4v) is 1.29. The third kappa shape index (κ3) is 4.93. The summed E-state index contributed by atoms with van der Waals surface area (Å²) >= 11 is 0. The third-order valence-corrected chi connectivity index (χ3v) is 2.13. The number of hydrogen-bond donors (Lipinski definition) is 2. The van der Waals surface area contributed by atoms with E-state index in [4.69, 9.17) is 10.5 Å². The summed E-state index contributed by atoms with van der Waals surface area (Å²) in [6.45, 7) is 5.25. The maximum atomic E-state index is 11.7. The molecular weight excluding hydrogens is 218 g/mol. The van der Waals surface area contributed by atoms with Crippen LogP contribution in [0.25, 0.3) is 0 Å². The van der Waals surface area contributed by atoms with Crippen molar-refractivity contribution >= 4 is 5.91 Å². The smallest absolute Gasteiger partial charge is 0.251 e. The lowest BCUT2D eigenvalue weighted by Crippen LogP contribution is -2.28. The maximum Gasteiger partial charge on any atom is 0.251 e. The van der Waals surface area contributed by atoms with E-state index in [1.165, 1.54) is 0 Å². The zero-order valence-corrected chi connectivity index (χ0v) is 10.3. The Labute approximate surface area is 101 Å². The molecule has 0 aliphatic heterocycles. The van der Waals surface area contributed by atoms with Crippen LogP contribution in [0.4, 0.5) is 0 Å². The normalized spacial score (nSPS) is 10.6. The minimum Gasteiger partial charge on any atom is -0.377 e. The van der Waals surface area contributed by atoms with Gasteiger partial charge >= 0.3 is 0 Å². The average molecular weight is 237 g/mol. The van der Waals surface area contributed by atoms with Crippen LogP contribution < -0.4 is 11.1 Å². The van der Waals surface area contributed by atoms with Gasteiger partial charge < -0.3 is 15.8 Å². The number of nitrogens with zero attached hydrogens (tertiary/aromatic N) is 1. The van der Waals surface area contributed by atoms with E-state index in [9.17, 15) is 4.79 Å². The van der Waals surface area contributed by atoms with E-state index in [1.54, 1.807) is 18.3 Å². The zero-order valence-electron chi connectivity index (χ0n) is 10.3. The molecule has 0 radical (unpaired) electrons. The van der Waals surface area contributed by atoms with Crippen LogP contribution in [0.1, 0.15) is 29.9 Å². The van der Waals surface area contributed by atoms with Gasteiger partial charge in [0.05, 0.1) is 18.4 Å². The van der Waals surface area contributed by atoms with Crippen molar-refractivity contribution in [1.82, 2.24) is 10.3 Å². The van der Waals surface area contributed by atoms with Gasteiger partial charge in [-0.15, -0.1) is 0 Å². The second-order valence-corrected chi connectivity index (χ2v) is 3.92. The molecule has 0 unspecified atom stereocenters. The van der Waals surface area contributed by atoms with E-state index in [-0.39, 0.29) is 12.0 Å². The predicted octanol–water partition coefficient (Wildman–Crippen LogP) is 0.695. The molecule has 3 N–H and O–H groups in total. The molecule has 1 aromatic rings. The SMILES string of the molecule is CC(C)OCCNC(=O)c1ccnc(CN)c1. The first kappa shape index (κ1) is 13.6.